The van der Waals surface area contributed by atoms with Gasteiger partial charge in [-0.05, 0) is 92.7 Å². The molecule has 0 bridgehead atoms. The number of nitrogens with one attached hydrogen (secondary N) is 3. The molecule has 3 amide bonds. The summed E-state index contributed by atoms with van der Waals surface area (Å²) in [5.41, 5.74) is 7.02. The first kappa shape index (κ1) is 40.5. The summed E-state index contributed by atoms with van der Waals surface area (Å²) in [7, 11) is 0. The quantitative estimate of drug-likeness (QED) is 0.0966. The third-order valence-electron chi connectivity index (χ3n) is 11.2. The fourth-order valence-electron chi connectivity index (χ4n) is 8.44. The largest absolute Gasteiger partial charge is 0.392 e. The second-order valence-electron chi connectivity index (χ2n) is 16.5. The SMILES string of the molecule is CC(C)(C)NC(=O)[C@H]1CC[C@H]2CCCC[C@H]2N1C[C@@H]1C[C@H](c2ccc(CO)cc2)O[C@H](c2ccc(-c3cccc(CNC(=O)CCCC(=O)NO)c3)cc2)O1. The van der Waals surface area contributed by atoms with Gasteiger partial charge in [0.2, 0.25) is 17.7 Å². The lowest BCUT2D eigenvalue weighted by atomic mass is 9.75. The third kappa shape index (κ3) is 11.0. The van der Waals surface area contributed by atoms with Gasteiger partial charge in [-0.15, -0.1) is 0 Å². The summed E-state index contributed by atoms with van der Waals surface area (Å²) in [6.07, 6.45) is 6.93. The standard InChI is InChI=1S/C44H58N4O7/c1-44(2,3)46-42(52)38-23-22-32-9-4-5-11-37(32)48(38)27-36-25-39(33-16-14-29(28-49)15-17-33)55-43(54-36)34-20-18-31(19-21-34)35-10-6-8-30(24-35)26-45-40(50)12-7-13-41(51)47-53/h6,8,10,14-21,24,32,36-39,43,49,53H,4-5,7,9,11-13,22-23,25-28H2,1-3H3,(H,45,50)(H,46,52)(H,47,51)/t32-,36+,37-,38-,39-,43-/m1/s1. The minimum absolute atomic E-state index is 0.0209. The Morgan fingerprint density at radius 3 is 2.27 bits per heavy atom. The van der Waals surface area contributed by atoms with Gasteiger partial charge in [0.25, 0.3) is 0 Å². The maximum absolute atomic E-state index is 13.8. The summed E-state index contributed by atoms with van der Waals surface area (Å²) >= 11 is 0. The van der Waals surface area contributed by atoms with Gasteiger partial charge in [0.05, 0.1) is 24.9 Å². The van der Waals surface area contributed by atoms with E-state index in [1.165, 1.54) is 19.3 Å². The van der Waals surface area contributed by atoms with E-state index in [0.29, 0.717) is 37.9 Å². The van der Waals surface area contributed by atoms with Crippen LogP contribution < -0.4 is 16.1 Å². The van der Waals surface area contributed by atoms with Gasteiger partial charge < -0.3 is 25.2 Å². The van der Waals surface area contributed by atoms with E-state index in [4.69, 9.17) is 14.7 Å². The van der Waals surface area contributed by atoms with Crippen LogP contribution in [0.5, 0.6) is 0 Å². The van der Waals surface area contributed by atoms with Crippen LogP contribution in [0.4, 0.5) is 0 Å². The highest BCUT2D eigenvalue weighted by molar-refractivity contribution is 5.82. The monoisotopic (exact) mass is 754 g/mol. The molecule has 0 unspecified atom stereocenters. The summed E-state index contributed by atoms with van der Waals surface area (Å²) in [6, 6.07) is 24.3. The minimum atomic E-state index is -0.617. The second-order valence-corrected chi connectivity index (χ2v) is 16.5. The van der Waals surface area contributed by atoms with Gasteiger partial charge in [0.1, 0.15) is 0 Å². The normalized spacial score (nSPS) is 24.4. The number of rotatable bonds is 13. The van der Waals surface area contributed by atoms with Crippen molar-refractivity contribution in [3.8, 4) is 11.1 Å². The van der Waals surface area contributed by atoms with Crippen molar-refractivity contribution in [3.05, 3.63) is 95.1 Å². The van der Waals surface area contributed by atoms with Crippen LogP contribution in [0, 0.1) is 5.92 Å². The number of likely N-dealkylation sites (tertiary alicyclic amines) is 1. The number of ether oxygens (including phenoxy) is 2. The Kier molecular flexibility index (Phi) is 13.8. The van der Waals surface area contributed by atoms with Gasteiger partial charge in [-0.1, -0.05) is 79.6 Å². The topological polar surface area (TPSA) is 149 Å². The van der Waals surface area contributed by atoms with Crippen molar-refractivity contribution in [2.45, 2.75) is 134 Å². The molecule has 1 aliphatic carbocycles. The van der Waals surface area contributed by atoms with E-state index in [0.717, 1.165) is 52.6 Å². The van der Waals surface area contributed by atoms with Crippen LogP contribution in [0.2, 0.25) is 0 Å². The Balaban J connectivity index is 1.19. The van der Waals surface area contributed by atoms with E-state index in [1.807, 2.05) is 81.4 Å². The third-order valence-corrected chi connectivity index (χ3v) is 11.2. The molecule has 6 atom stereocenters. The highest BCUT2D eigenvalue weighted by Crippen LogP contribution is 2.42. The number of hydrogen-bond donors (Lipinski definition) is 5. The second kappa shape index (κ2) is 18.7. The van der Waals surface area contributed by atoms with Crippen molar-refractivity contribution < 1.29 is 34.2 Å². The number of hydroxylamine groups is 1. The zero-order valence-electron chi connectivity index (χ0n) is 32.5. The molecule has 2 heterocycles. The molecule has 3 aromatic carbocycles. The Bertz CT molecular complexity index is 1740. The van der Waals surface area contributed by atoms with E-state index in [9.17, 15) is 19.5 Å². The van der Waals surface area contributed by atoms with Gasteiger partial charge in [-0.2, -0.15) is 0 Å². The van der Waals surface area contributed by atoms with Crippen molar-refractivity contribution in [1.82, 2.24) is 21.0 Å². The number of piperidine rings is 1. The van der Waals surface area contributed by atoms with Gasteiger partial charge in [0, 0.05) is 49.5 Å². The molecule has 11 heteroatoms. The molecule has 2 aliphatic heterocycles. The Hall–Kier alpha value is -4.13. The number of hydrogen-bond acceptors (Lipinski definition) is 8. The van der Waals surface area contributed by atoms with Crippen molar-refractivity contribution in [3.63, 3.8) is 0 Å². The van der Waals surface area contributed by atoms with E-state index in [-0.39, 0.29) is 55.1 Å². The molecule has 3 fully saturated rings. The number of carbonyl (C=O) groups excluding carboxylic acids is 3. The van der Waals surface area contributed by atoms with Gasteiger partial charge in [-0.3, -0.25) is 24.5 Å². The lowest BCUT2D eigenvalue weighted by Gasteiger charge is -2.50. The van der Waals surface area contributed by atoms with Crippen molar-refractivity contribution in [2.24, 2.45) is 5.92 Å². The molecule has 11 nitrogen and oxygen atoms in total. The summed E-state index contributed by atoms with van der Waals surface area (Å²) < 4.78 is 13.5. The maximum atomic E-state index is 13.8. The van der Waals surface area contributed by atoms with E-state index >= 15 is 0 Å². The zero-order chi connectivity index (χ0) is 39.0. The van der Waals surface area contributed by atoms with Crippen LogP contribution in [-0.4, -0.2) is 63.2 Å². The highest BCUT2D eigenvalue weighted by Gasteiger charge is 2.44. The van der Waals surface area contributed by atoms with Crippen molar-refractivity contribution in [2.75, 3.05) is 6.54 Å². The molecule has 0 aromatic heterocycles. The van der Waals surface area contributed by atoms with Crippen LogP contribution in [0.1, 0.15) is 120 Å². The first-order chi connectivity index (χ1) is 26.5. The number of carbonyl (C=O) groups is 3. The van der Waals surface area contributed by atoms with E-state index in [1.54, 1.807) is 5.48 Å². The molecule has 5 N–H and O–H groups in total. The van der Waals surface area contributed by atoms with Crippen LogP contribution in [0.25, 0.3) is 11.1 Å². The molecule has 296 valence electrons. The molecule has 3 aliphatic rings. The Morgan fingerprint density at radius 2 is 1.55 bits per heavy atom. The van der Waals surface area contributed by atoms with Crippen LogP contribution in [0.15, 0.2) is 72.8 Å². The summed E-state index contributed by atoms with van der Waals surface area (Å²) in [5, 5.41) is 24.5. The first-order valence-corrected chi connectivity index (χ1v) is 20.0. The molecule has 0 spiro atoms. The average Bonchev–Trinajstić information content (AvgIpc) is 3.19. The van der Waals surface area contributed by atoms with Crippen molar-refractivity contribution in [1.29, 1.82) is 0 Å². The van der Waals surface area contributed by atoms with Gasteiger partial charge in [-0.25, -0.2) is 5.48 Å². The smallest absolute Gasteiger partial charge is 0.243 e. The molecule has 2 saturated heterocycles. The molecule has 1 saturated carbocycles. The minimum Gasteiger partial charge on any atom is -0.392 e. The molecule has 55 heavy (non-hydrogen) atoms. The fourth-order valence-corrected chi connectivity index (χ4v) is 8.44. The fraction of sp³-hybridized carbons (Fsp3) is 0.523. The highest BCUT2D eigenvalue weighted by atomic mass is 16.7. The Morgan fingerprint density at radius 1 is 0.818 bits per heavy atom. The number of fused-ring (bicyclic) bond motifs is 1. The number of benzene rings is 3. The lowest BCUT2D eigenvalue weighted by molar-refractivity contribution is -0.255. The number of nitrogens with zero attached hydrogens (tertiary/aromatic N) is 1. The van der Waals surface area contributed by atoms with Crippen molar-refractivity contribution >= 4 is 17.7 Å². The summed E-state index contributed by atoms with van der Waals surface area (Å²) in [6.45, 7) is 7.10. The number of amides is 3. The zero-order valence-corrected chi connectivity index (χ0v) is 32.5. The van der Waals surface area contributed by atoms with Crippen LogP contribution in [0.3, 0.4) is 0 Å². The molecule has 3 aromatic rings. The summed E-state index contributed by atoms with van der Waals surface area (Å²) in [4.78, 5) is 39.8. The van der Waals surface area contributed by atoms with E-state index < -0.39 is 12.2 Å². The molecular weight excluding hydrogens is 697 g/mol. The number of aliphatic hydroxyl groups is 1. The molecule has 6 rings (SSSR count). The first-order valence-electron chi connectivity index (χ1n) is 20.0. The van der Waals surface area contributed by atoms with Gasteiger partial charge in [0.15, 0.2) is 6.29 Å². The average molecular weight is 755 g/mol. The number of aliphatic hydroxyl groups excluding tert-OH is 1. The van der Waals surface area contributed by atoms with E-state index in [2.05, 4.69) is 27.7 Å². The Labute approximate surface area is 325 Å². The summed E-state index contributed by atoms with van der Waals surface area (Å²) in [5.74, 6) is 0.0329. The lowest BCUT2D eigenvalue weighted by Crippen LogP contribution is -2.61. The molecule has 0 radical (unpaired) electrons. The predicted octanol–water partition coefficient (Wildman–Crippen LogP) is 6.62. The maximum Gasteiger partial charge on any atom is 0.243 e. The van der Waals surface area contributed by atoms with Crippen LogP contribution >= 0.6 is 0 Å². The molecular formula is C44H58N4O7. The van der Waals surface area contributed by atoms with Crippen LogP contribution in [-0.2, 0) is 37.0 Å². The predicted molar refractivity (Wildman–Crippen MR) is 209 cm³/mol. The van der Waals surface area contributed by atoms with Gasteiger partial charge >= 0.3 is 0 Å².